The van der Waals surface area contributed by atoms with Gasteiger partial charge in [0.2, 0.25) is 23.3 Å². The molecule has 4 atom stereocenters. The average molecular weight is 405 g/mol. The van der Waals surface area contributed by atoms with E-state index in [1.807, 2.05) is 23.5 Å². The van der Waals surface area contributed by atoms with Crippen molar-refractivity contribution in [3.8, 4) is 0 Å². The van der Waals surface area contributed by atoms with Crippen LogP contribution in [0.25, 0.3) is 0 Å². The summed E-state index contributed by atoms with van der Waals surface area (Å²) in [6.07, 6.45) is 0.395. The topological polar surface area (TPSA) is 126 Å². The minimum absolute atomic E-state index is 0.0799. The van der Waals surface area contributed by atoms with Gasteiger partial charge >= 0.3 is 0 Å². The molecule has 152 valence electrons. The highest BCUT2D eigenvalue weighted by Crippen LogP contribution is 2.50. The smallest absolute Gasteiger partial charge is 0.291 e. The fraction of sp³-hybridized carbons (Fsp3) is 0.273. The highest BCUT2D eigenvalue weighted by molar-refractivity contribution is 6.25. The number of hydrogen-bond acceptors (Lipinski definition) is 4. The maximum Gasteiger partial charge on any atom is 0.291 e. The van der Waals surface area contributed by atoms with Crippen molar-refractivity contribution in [3.63, 3.8) is 0 Å². The van der Waals surface area contributed by atoms with Crippen molar-refractivity contribution in [1.82, 2.24) is 0 Å². The molecule has 4 amide bonds. The van der Waals surface area contributed by atoms with E-state index in [4.69, 9.17) is 5.73 Å². The van der Waals surface area contributed by atoms with E-state index in [1.165, 1.54) is 4.90 Å². The van der Waals surface area contributed by atoms with Crippen molar-refractivity contribution < 1.29 is 24.5 Å². The summed E-state index contributed by atoms with van der Waals surface area (Å²) in [7, 11) is 0. The minimum Gasteiger partial charge on any atom is -0.370 e. The number of para-hydroxylation sites is 2. The summed E-state index contributed by atoms with van der Waals surface area (Å²) < 4.78 is 0. The standard InChI is InChI=1S/C22H20N4O4/c23-16(27)11-10-15-17-18(20(29)26(19(17)28)12-6-2-1-3-7-12)22(25-15)13-8-4-5-9-14(13)24-21(22)30/h1-9,15,17-18,25H,10-11H2,(H2,23,27)(H,24,30)/p+1/t15-,17+,18-,22-/m0/s1. The van der Waals surface area contributed by atoms with Gasteiger partial charge < -0.3 is 16.4 Å². The first-order chi connectivity index (χ1) is 14.4. The largest absolute Gasteiger partial charge is 0.370 e. The number of quaternary nitrogens is 1. The third-order valence-electron chi connectivity index (χ3n) is 6.52. The van der Waals surface area contributed by atoms with Crippen molar-refractivity contribution >= 4 is 35.0 Å². The van der Waals surface area contributed by atoms with Gasteiger partial charge in [0.1, 0.15) is 17.9 Å². The number of nitrogens with one attached hydrogen (secondary N) is 1. The third-order valence-corrected chi connectivity index (χ3v) is 6.52. The van der Waals surface area contributed by atoms with Gasteiger partial charge in [-0.3, -0.25) is 19.2 Å². The zero-order chi connectivity index (χ0) is 21.0. The summed E-state index contributed by atoms with van der Waals surface area (Å²) in [5, 5.41) is 4.68. The highest BCUT2D eigenvalue weighted by Gasteiger charge is 2.74. The first-order valence-corrected chi connectivity index (χ1v) is 9.93. The van der Waals surface area contributed by atoms with Crippen molar-refractivity contribution in [2.75, 3.05) is 10.2 Å². The lowest BCUT2D eigenvalue weighted by molar-refractivity contribution is -0.733. The van der Waals surface area contributed by atoms with E-state index in [0.29, 0.717) is 23.4 Å². The van der Waals surface area contributed by atoms with Crippen LogP contribution >= 0.6 is 0 Å². The van der Waals surface area contributed by atoms with Gasteiger partial charge in [-0.15, -0.1) is 0 Å². The SMILES string of the molecule is NC(=O)CC[C@@H]1[NH2+][C@]2(C(=O)Nc3ccccc32)[C@@H]2C(=O)N(c3ccccc3)C(=O)[C@H]12. The van der Waals surface area contributed by atoms with Gasteiger partial charge in [0.15, 0.2) is 0 Å². The van der Waals surface area contributed by atoms with Crippen LogP contribution in [-0.2, 0) is 24.7 Å². The number of amides is 4. The Bertz CT molecular complexity index is 1090. The number of hydrogen-bond donors (Lipinski definition) is 3. The van der Waals surface area contributed by atoms with Crippen molar-refractivity contribution in [1.29, 1.82) is 0 Å². The molecule has 2 aromatic carbocycles. The van der Waals surface area contributed by atoms with E-state index >= 15 is 0 Å². The number of imide groups is 1. The fourth-order valence-corrected chi connectivity index (χ4v) is 5.32. The Balaban J connectivity index is 1.65. The van der Waals surface area contributed by atoms with Gasteiger partial charge in [-0.05, 0) is 18.2 Å². The number of fused-ring (bicyclic) bond motifs is 4. The zero-order valence-corrected chi connectivity index (χ0v) is 16.1. The van der Waals surface area contributed by atoms with E-state index in [9.17, 15) is 19.2 Å². The molecule has 8 heteroatoms. The molecule has 0 unspecified atom stereocenters. The van der Waals surface area contributed by atoms with Gasteiger partial charge in [-0.1, -0.05) is 36.4 Å². The van der Waals surface area contributed by atoms with E-state index in [1.54, 1.807) is 36.4 Å². The molecular weight excluding hydrogens is 384 g/mol. The molecule has 3 aliphatic rings. The molecule has 0 radical (unpaired) electrons. The van der Waals surface area contributed by atoms with Crippen molar-refractivity contribution in [2.24, 2.45) is 17.6 Å². The number of carbonyl (C=O) groups excluding carboxylic acids is 4. The molecule has 2 saturated heterocycles. The summed E-state index contributed by atoms with van der Waals surface area (Å²) in [6.45, 7) is 0. The molecule has 30 heavy (non-hydrogen) atoms. The molecule has 3 heterocycles. The van der Waals surface area contributed by atoms with E-state index in [-0.39, 0.29) is 24.1 Å². The Hall–Kier alpha value is -3.52. The quantitative estimate of drug-likeness (QED) is 0.612. The number of benzene rings is 2. The molecule has 5 N–H and O–H groups in total. The number of rotatable bonds is 4. The molecule has 0 aromatic heterocycles. The molecule has 5 rings (SSSR count). The number of anilines is 2. The Morgan fingerprint density at radius 1 is 1.03 bits per heavy atom. The normalized spacial score (nSPS) is 29.3. The van der Waals surface area contributed by atoms with Crippen LogP contribution in [0.1, 0.15) is 18.4 Å². The van der Waals surface area contributed by atoms with Gasteiger partial charge in [0.25, 0.3) is 5.91 Å². The Kier molecular flexibility index (Phi) is 4.01. The monoisotopic (exact) mass is 405 g/mol. The van der Waals surface area contributed by atoms with Crippen LogP contribution in [0.4, 0.5) is 11.4 Å². The summed E-state index contributed by atoms with van der Waals surface area (Å²) >= 11 is 0. The lowest BCUT2D eigenvalue weighted by Crippen LogP contribution is -2.99. The Labute approximate surface area is 172 Å². The van der Waals surface area contributed by atoms with E-state index < -0.39 is 29.3 Å². The van der Waals surface area contributed by atoms with Gasteiger partial charge in [0, 0.05) is 18.4 Å². The molecule has 2 aromatic rings. The van der Waals surface area contributed by atoms with E-state index in [2.05, 4.69) is 5.32 Å². The molecular formula is C22H21N4O4+. The summed E-state index contributed by atoms with van der Waals surface area (Å²) in [6, 6.07) is 15.6. The number of primary amides is 1. The van der Waals surface area contributed by atoms with Gasteiger partial charge in [-0.2, -0.15) is 0 Å². The Morgan fingerprint density at radius 3 is 2.47 bits per heavy atom. The maximum absolute atomic E-state index is 13.6. The second kappa shape index (κ2) is 6.50. The molecule has 0 aliphatic carbocycles. The zero-order valence-electron chi connectivity index (χ0n) is 16.1. The number of carbonyl (C=O) groups is 4. The van der Waals surface area contributed by atoms with Crippen LogP contribution in [0.2, 0.25) is 0 Å². The molecule has 1 spiro atoms. The van der Waals surface area contributed by atoms with Crippen LogP contribution in [0.15, 0.2) is 54.6 Å². The summed E-state index contributed by atoms with van der Waals surface area (Å²) in [5.74, 6) is -3.08. The molecule has 8 nitrogen and oxygen atoms in total. The van der Waals surface area contributed by atoms with Gasteiger partial charge in [-0.25, -0.2) is 4.90 Å². The van der Waals surface area contributed by atoms with Crippen LogP contribution in [0.5, 0.6) is 0 Å². The lowest BCUT2D eigenvalue weighted by Gasteiger charge is -2.26. The predicted molar refractivity (Wildman–Crippen MR) is 107 cm³/mol. The summed E-state index contributed by atoms with van der Waals surface area (Å²) in [4.78, 5) is 52.9. The average Bonchev–Trinajstić information content (AvgIpc) is 3.32. The Morgan fingerprint density at radius 2 is 1.73 bits per heavy atom. The summed E-state index contributed by atoms with van der Waals surface area (Å²) in [5.41, 5.74) is 5.93. The number of nitrogens with two attached hydrogens (primary N) is 2. The minimum atomic E-state index is -1.24. The maximum atomic E-state index is 13.6. The van der Waals surface area contributed by atoms with Crippen LogP contribution < -0.4 is 21.3 Å². The molecule has 2 fully saturated rings. The lowest BCUT2D eigenvalue weighted by atomic mass is 9.76. The highest BCUT2D eigenvalue weighted by atomic mass is 16.2. The second-order valence-electron chi connectivity index (χ2n) is 8.06. The van der Waals surface area contributed by atoms with Crippen LogP contribution in [0, 0.1) is 11.8 Å². The fourth-order valence-electron chi connectivity index (χ4n) is 5.32. The third kappa shape index (κ3) is 2.37. The molecule has 0 saturated carbocycles. The molecule has 0 bridgehead atoms. The first kappa shape index (κ1) is 18.5. The second-order valence-corrected chi connectivity index (χ2v) is 8.06. The van der Waals surface area contributed by atoms with Crippen molar-refractivity contribution in [3.05, 3.63) is 60.2 Å². The van der Waals surface area contributed by atoms with Crippen LogP contribution in [-0.4, -0.2) is 29.7 Å². The van der Waals surface area contributed by atoms with Crippen LogP contribution in [0.3, 0.4) is 0 Å². The number of nitrogens with zero attached hydrogens (tertiary/aromatic N) is 1. The van der Waals surface area contributed by atoms with Crippen molar-refractivity contribution in [2.45, 2.75) is 24.4 Å². The van der Waals surface area contributed by atoms with E-state index in [0.717, 1.165) is 0 Å². The predicted octanol–water partition coefficient (Wildman–Crippen LogP) is -0.149. The first-order valence-electron chi connectivity index (χ1n) is 9.93. The molecule has 3 aliphatic heterocycles. The van der Waals surface area contributed by atoms with Gasteiger partial charge in [0.05, 0.1) is 11.4 Å².